The minimum Gasteiger partial charge on any atom is -0.340 e. The predicted octanol–water partition coefficient (Wildman–Crippen LogP) is 6.00. The van der Waals surface area contributed by atoms with Gasteiger partial charge in [-0.25, -0.2) is 27.9 Å². The topological polar surface area (TPSA) is 42.7 Å². The van der Waals surface area contributed by atoms with Crippen LogP contribution in [0.5, 0.6) is 0 Å². The van der Waals surface area contributed by atoms with Crippen LogP contribution < -0.4 is 32.5 Å². The Kier molecular flexibility index (Phi) is 13.6. The lowest BCUT2D eigenvalue weighted by atomic mass is 9.12. The summed E-state index contributed by atoms with van der Waals surface area (Å²) in [5, 5.41) is 7.26. The van der Waals surface area contributed by atoms with Crippen molar-refractivity contribution in [1.82, 2.24) is 15.5 Å². The van der Waals surface area contributed by atoms with Crippen LogP contribution in [0.2, 0.25) is 0 Å². The van der Waals surface area contributed by atoms with E-state index in [9.17, 15) is 0 Å². The first kappa shape index (κ1) is 38.6. The van der Waals surface area contributed by atoms with Crippen molar-refractivity contribution in [3.63, 3.8) is 0 Å². The average Bonchev–Trinajstić information content (AvgIpc) is 3.14. The molecule has 10 heteroatoms. The third kappa shape index (κ3) is 9.06. The lowest BCUT2D eigenvalue weighted by Gasteiger charge is -2.44. The fraction of sp³-hybridized carbons (Fsp3) is 0.381. The fourth-order valence-electron chi connectivity index (χ4n) is 7.98. The van der Waals surface area contributed by atoms with E-state index in [1.807, 2.05) is 0 Å². The summed E-state index contributed by atoms with van der Waals surface area (Å²) in [6.07, 6.45) is 10.3. The SMILES string of the molecule is CN(C)C(NC(=NC1CCCCC1)NC1CCCCC1)=[N+](C)C.Fc1ccccc1[B-](c1ccccc1F)(c1ccccc1F)c1ccccc1F. The van der Waals surface area contributed by atoms with Gasteiger partial charge in [-0.3, -0.25) is 9.48 Å². The molecule has 4 aromatic rings. The predicted molar refractivity (Wildman–Crippen MR) is 208 cm³/mol. The molecule has 2 N–H and O–H groups in total. The summed E-state index contributed by atoms with van der Waals surface area (Å²) in [5.74, 6) is -0.613. The highest BCUT2D eigenvalue weighted by Gasteiger charge is 2.38. The molecule has 52 heavy (non-hydrogen) atoms. The van der Waals surface area contributed by atoms with Gasteiger partial charge in [0.25, 0.3) is 5.96 Å². The molecule has 5 nitrogen and oxygen atoms in total. The van der Waals surface area contributed by atoms with Crippen molar-refractivity contribution < 1.29 is 22.1 Å². The summed E-state index contributed by atoms with van der Waals surface area (Å²) in [4.78, 5) is 7.16. The molecule has 0 radical (unpaired) electrons. The highest BCUT2D eigenvalue weighted by molar-refractivity contribution is 7.20. The summed E-state index contributed by atoms with van der Waals surface area (Å²) < 4.78 is 62.8. The molecule has 0 amide bonds. The summed E-state index contributed by atoms with van der Waals surface area (Å²) in [6, 6.07) is 24.0. The molecule has 0 aromatic heterocycles. The van der Waals surface area contributed by atoms with Crippen LogP contribution in [0.4, 0.5) is 17.6 Å². The molecule has 2 aliphatic carbocycles. The Labute approximate surface area is 306 Å². The molecule has 2 saturated carbocycles. The number of halogens is 4. The third-order valence-corrected chi connectivity index (χ3v) is 10.4. The van der Waals surface area contributed by atoms with E-state index in [0.717, 1.165) is 11.9 Å². The van der Waals surface area contributed by atoms with Gasteiger partial charge in [-0.15, -0.1) is 0 Å². The normalized spacial score (nSPS) is 15.7. The monoisotopic (exact) mass is 713 g/mol. The molecule has 0 saturated heterocycles. The van der Waals surface area contributed by atoms with Crippen LogP contribution in [0.15, 0.2) is 102 Å². The number of aliphatic imine (C=N–C) groups is 1. The molecule has 276 valence electrons. The molecule has 2 fully saturated rings. The minimum atomic E-state index is -2.82. The Morgan fingerprint density at radius 3 is 1.31 bits per heavy atom. The molecule has 0 aliphatic heterocycles. The molecule has 0 spiro atoms. The van der Waals surface area contributed by atoms with Gasteiger partial charge in [-0.05, 0) is 49.9 Å². The second kappa shape index (κ2) is 18.2. The van der Waals surface area contributed by atoms with Gasteiger partial charge in [0.05, 0.1) is 57.5 Å². The number of nitrogens with one attached hydrogen (secondary N) is 2. The van der Waals surface area contributed by atoms with Gasteiger partial charge in [0.15, 0.2) is 0 Å². The molecule has 0 unspecified atom stereocenters. The maximum atomic E-state index is 15.2. The molecule has 6 rings (SSSR count). The van der Waals surface area contributed by atoms with Crippen LogP contribution in [-0.4, -0.2) is 67.8 Å². The van der Waals surface area contributed by atoms with Crippen LogP contribution in [0.25, 0.3) is 0 Å². The maximum absolute atomic E-state index is 15.2. The average molecular weight is 714 g/mol. The van der Waals surface area contributed by atoms with E-state index < -0.39 is 29.4 Å². The summed E-state index contributed by atoms with van der Waals surface area (Å²) in [6.45, 7) is 0. The number of benzene rings is 4. The van der Waals surface area contributed by atoms with Gasteiger partial charge in [-0.1, -0.05) is 111 Å². The van der Waals surface area contributed by atoms with E-state index in [1.165, 1.54) is 137 Å². The summed E-state index contributed by atoms with van der Waals surface area (Å²) in [5.41, 5.74) is 0.0844. The van der Waals surface area contributed by atoms with Crippen LogP contribution in [0.1, 0.15) is 64.2 Å². The lowest BCUT2D eigenvalue weighted by molar-refractivity contribution is -0.471. The van der Waals surface area contributed by atoms with E-state index in [4.69, 9.17) is 4.99 Å². The highest BCUT2D eigenvalue weighted by atomic mass is 19.1. The largest absolute Gasteiger partial charge is 0.354 e. The molecular formula is C42H52BF4N5. The first-order valence-corrected chi connectivity index (χ1v) is 18.6. The van der Waals surface area contributed by atoms with Crippen molar-refractivity contribution in [3.8, 4) is 0 Å². The third-order valence-electron chi connectivity index (χ3n) is 10.4. The molecule has 2 aliphatic rings. The molecule has 0 bridgehead atoms. The van der Waals surface area contributed by atoms with Gasteiger partial charge >= 0.3 is 5.96 Å². The minimum absolute atomic E-state index is 0.0211. The molecule has 0 heterocycles. The number of hydrogen-bond donors (Lipinski definition) is 2. The van der Waals surface area contributed by atoms with E-state index in [0.29, 0.717) is 12.1 Å². The van der Waals surface area contributed by atoms with Gasteiger partial charge in [0, 0.05) is 6.04 Å². The van der Waals surface area contributed by atoms with Gasteiger partial charge in [0.2, 0.25) is 0 Å². The second-order valence-corrected chi connectivity index (χ2v) is 14.4. The van der Waals surface area contributed by atoms with E-state index >= 15 is 17.6 Å². The van der Waals surface area contributed by atoms with Crippen molar-refractivity contribution in [2.45, 2.75) is 76.3 Å². The van der Waals surface area contributed by atoms with E-state index in [2.05, 4.69) is 48.3 Å². The number of guanidine groups is 2. The molecule has 0 atom stereocenters. The standard InChI is InChI=1S/C24H16BF4.C18H35N5/c26-21-13-5-1-9-17(21)25(18-10-2-6-14-22(18)27,19-11-3-7-15-23(19)28)20-12-4-8-16-24(20)29;1-22(2)18(23(3)4)21-17(19-15-11-7-5-8-12-15)20-16-13-9-6-10-14-16/h1-16H;15-16H,5-14H2,1-4H3,(H,19,20)/q-1;/p+1. The van der Waals surface area contributed by atoms with E-state index in [-0.39, 0.29) is 21.9 Å². The Bertz CT molecular complexity index is 1640. The smallest absolute Gasteiger partial charge is 0.340 e. The zero-order valence-corrected chi connectivity index (χ0v) is 30.9. The molecule has 4 aromatic carbocycles. The zero-order chi connectivity index (χ0) is 37.1. The first-order valence-electron chi connectivity index (χ1n) is 18.6. The van der Waals surface area contributed by atoms with Crippen LogP contribution in [-0.2, 0) is 0 Å². The fourth-order valence-corrected chi connectivity index (χ4v) is 7.98. The highest BCUT2D eigenvalue weighted by Crippen LogP contribution is 2.21. The Morgan fingerprint density at radius 1 is 0.596 bits per heavy atom. The Hall–Kier alpha value is -4.60. The number of nitrogens with zero attached hydrogens (tertiary/aromatic N) is 3. The van der Waals surface area contributed by atoms with Crippen molar-refractivity contribution >= 4 is 39.9 Å². The van der Waals surface area contributed by atoms with Crippen LogP contribution in [0.3, 0.4) is 0 Å². The van der Waals surface area contributed by atoms with E-state index in [1.54, 1.807) is 24.3 Å². The van der Waals surface area contributed by atoms with Crippen molar-refractivity contribution in [3.05, 3.63) is 120 Å². The van der Waals surface area contributed by atoms with Crippen molar-refractivity contribution in [1.29, 1.82) is 0 Å². The Morgan fingerprint density at radius 2 is 0.962 bits per heavy atom. The van der Waals surface area contributed by atoms with Gasteiger partial charge < -0.3 is 5.32 Å². The second-order valence-electron chi connectivity index (χ2n) is 14.4. The molecular weight excluding hydrogens is 661 g/mol. The number of rotatable bonds is 6. The van der Waals surface area contributed by atoms with Crippen LogP contribution >= 0.6 is 0 Å². The summed E-state index contributed by atoms with van der Waals surface area (Å²) in [7, 11) is 8.28. The van der Waals surface area contributed by atoms with Crippen molar-refractivity contribution in [2.75, 3.05) is 28.2 Å². The van der Waals surface area contributed by atoms with Gasteiger partial charge in [-0.2, -0.15) is 21.9 Å². The van der Waals surface area contributed by atoms with Crippen molar-refractivity contribution in [2.24, 2.45) is 4.99 Å². The number of hydrogen-bond acceptors (Lipinski definition) is 1. The Balaban J connectivity index is 0.000000207. The van der Waals surface area contributed by atoms with Gasteiger partial charge in [0.1, 0.15) is 6.15 Å². The van der Waals surface area contributed by atoms with Crippen LogP contribution in [0, 0.1) is 23.3 Å². The zero-order valence-electron chi connectivity index (χ0n) is 30.9. The summed E-state index contributed by atoms with van der Waals surface area (Å²) >= 11 is 0. The lowest BCUT2D eigenvalue weighted by Crippen LogP contribution is -2.77. The maximum Gasteiger partial charge on any atom is 0.354 e. The first-order chi connectivity index (χ1) is 25.1. The quantitative estimate of drug-likeness (QED) is 0.0849.